The minimum Gasteiger partial charge on any atom is -0.497 e. The molecular formula is C17H19NO4. The van der Waals surface area contributed by atoms with Crippen LogP contribution in [0.4, 0.5) is 0 Å². The monoisotopic (exact) mass is 301 g/mol. The minimum absolute atomic E-state index is 0.152. The predicted molar refractivity (Wildman–Crippen MR) is 85.6 cm³/mol. The van der Waals surface area contributed by atoms with Crippen molar-refractivity contribution in [2.45, 2.75) is 0 Å². The standard InChI is InChI=1S/C17H19NO4/c1-18-13(6-5-7-16(21-3)17(19)22-4)10-12-11-14(20-2)8-9-15(12)18/h5-11H,1-4H3/b6-5+,16-7-. The number of rotatable bonds is 5. The number of benzene rings is 1. The van der Waals surface area contributed by atoms with Crippen LogP contribution in [0.15, 0.2) is 42.2 Å². The number of methoxy groups -OCH3 is 3. The van der Waals surface area contributed by atoms with E-state index in [-0.39, 0.29) is 5.76 Å². The zero-order valence-electron chi connectivity index (χ0n) is 13.1. The fraction of sp³-hybridized carbons (Fsp3) is 0.235. The van der Waals surface area contributed by atoms with Crippen LogP contribution in [0, 0.1) is 0 Å². The molecular weight excluding hydrogens is 282 g/mol. The van der Waals surface area contributed by atoms with Crippen molar-refractivity contribution in [3.63, 3.8) is 0 Å². The van der Waals surface area contributed by atoms with Crippen LogP contribution in [0.3, 0.4) is 0 Å². The van der Waals surface area contributed by atoms with E-state index >= 15 is 0 Å². The molecule has 0 amide bonds. The Morgan fingerprint density at radius 2 is 1.91 bits per heavy atom. The molecule has 0 spiro atoms. The summed E-state index contributed by atoms with van der Waals surface area (Å²) in [6, 6.07) is 7.97. The van der Waals surface area contributed by atoms with Gasteiger partial charge in [0.15, 0.2) is 0 Å². The van der Waals surface area contributed by atoms with Crippen LogP contribution in [0.25, 0.3) is 17.0 Å². The molecule has 0 aliphatic rings. The highest BCUT2D eigenvalue weighted by Crippen LogP contribution is 2.24. The number of carbonyl (C=O) groups is 1. The van der Waals surface area contributed by atoms with Crippen molar-refractivity contribution in [3.05, 3.63) is 47.9 Å². The quantitative estimate of drug-likeness (QED) is 0.369. The average molecular weight is 301 g/mol. The van der Waals surface area contributed by atoms with E-state index in [0.717, 1.165) is 22.3 Å². The first-order chi connectivity index (χ1) is 10.6. The molecule has 5 heteroatoms. The second-order valence-corrected chi connectivity index (χ2v) is 4.64. The van der Waals surface area contributed by atoms with Gasteiger partial charge in [-0.15, -0.1) is 0 Å². The van der Waals surface area contributed by atoms with Crippen molar-refractivity contribution >= 4 is 22.9 Å². The predicted octanol–water partition coefficient (Wildman–Crippen LogP) is 2.90. The van der Waals surface area contributed by atoms with Gasteiger partial charge in [0.05, 0.1) is 21.3 Å². The molecule has 0 saturated carbocycles. The highest BCUT2D eigenvalue weighted by molar-refractivity contribution is 5.87. The summed E-state index contributed by atoms with van der Waals surface area (Å²) in [6.45, 7) is 0. The van der Waals surface area contributed by atoms with Crippen molar-refractivity contribution < 1.29 is 19.0 Å². The number of nitrogens with zero attached hydrogens (tertiary/aromatic N) is 1. The van der Waals surface area contributed by atoms with Crippen molar-refractivity contribution in [2.24, 2.45) is 7.05 Å². The zero-order valence-corrected chi connectivity index (χ0v) is 13.1. The molecule has 1 heterocycles. The first-order valence-electron chi connectivity index (χ1n) is 6.75. The molecule has 0 aliphatic heterocycles. The summed E-state index contributed by atoms with van der Waals surface area (Å²) in [5, 5.41) is 1.09. The highest BCUT2D eigenvalue weighted by Gasteiger charge is 2.08. The number of aryl methyl sites for hydroxylation is 1. The smallest absolute Gasteiger partial charge is 0.373 e. The Hall–Kier alpha value is -2.69. The fourth-order valence-corrected chi connectivity index (χ4v) is 2.19. The van der Waals surface area contributed by atoms with Crippen LogP contribution in [0.1, 0.15) is 5.69 Å². The van der Waals surface area contributed by atoms with E-state index in [1.165, 1.54) is 14.2 Å². The summed E-state index contributed by atoms with van der Waals surface area (Å²) in [7, 11) is 6.38. The molecule has 2 rings (SSSR count). The van der Waals surface area contributed by atoms with Gasteiger partial charge in [0.2, 0.25) is 5.76 Å². The first-order valence-corrected chi connectivity index (χ1v) is 6.75. The lowest BCUT2D eigenvalue weighted by Crippen LogP contribution is -2.05. The van der Waals surface area contributed by atoms with E-state index in [4.69, 9.17) is 9.47 Å². The fourth-order valence-electron chi connectivity index (χ4n) is 2.19. The van der Waals surface area contributed by atoms with E-state index < -0.39 is 5.97 Å². The Kier molecular flexibility index (Phi) is 4.88. The zero-order chi connectivity index (χ0) is 16.1. The lowest BCUT2D eigenvalue weighted by molar-refractivity contribution is -0.139. The highest BCUT2D eigenvalue weighted by atomic mass is 16.6. The van der Waals surface area contributed by atoms with Crippen LogP contribution in [0.5, 0.6) is 5.75 Å². The van der Waals surface area contributed by atoms with Crippen molar-refractivity contribution in [3.8, 4) is 5.75 Å². The summed E-state index contributed by atoms with van der Waals surface area (Å²) in [5.74, 6) is 0.467. The summed E-state index contributed by atoms with van der Waals surface area (Å²) < 4.78 is 16.9. The third kappa shape index (κ3) is 3.14. The largest absolute Gasteiger partial charge is 0.497 e. The maximum absolute atomic E-state index is 11.4. The third-order valence-electron chi connectivity index (χ3n) is 3.41. The van der Waals surface area contributed by atoms with Crippen LogP contribution < -0.4 is 4.74 Å². The normalized spacial score (nSPS) is 11.9. The molecule has 116 valence electrons. The van der Waals surface area contributed by atoms with Crippen LogP contribution in [-0.4, -0.2) is 31.9 Å². The van der Waals surface area contributed by atoms with Crippen LogP contribution in [-0.2, 0) is 21.3 Å². The third-order valence-corrected chi connectivity index (χ3v) is 3.41. The van der Waals surface area contributed by atoms with Crippen molar-refractivity contribution in [1.82, 2.24) is 4.57 Å². The van der Waals surface area contributed by atoms with E-state index in [0.29, 0.717) is 0 Å². The SMILES string of the molecule is COC(=O)/C(=C/C=C/c1cc2cc(OC)ccc2n1C)OC. The van der Waals surface area contributed by atoms with Gasteiger partial charge in [0.25, 0.3) is 0 Å². The van der Waals surface area contributed by atoms with E-state index in [1.54, 1.807) is 19.3 Å². The van der Waals surface area contributed by atoms with Gasteiger partial charge in [0.1, 0.15) is 5.75 Å². The maximum atomic E-state index is 11.4. The van der Waals surface area contributed by atoms with E-state index in [2.05, 4.69) is 9.30 Å². The molecule has 0 atom stereocenters. The Bertz CT molecular complexity index is 740. The molecule has 0 unspecified atom stereocenters. The molecule has 22 heavy (non-hydrogen) atoms. The number of fused-ring (bicyclic) bond motifs is 1. The van der Waals surface area contributed by atoms with Gasteiger partial charge in [-0.05, 0) is 36.4 Å². The van der Waals surface area contributed by atoms with E-state index in [1.807, 2.05) is 37.4 Å². The molecule has 1 aromatic carbocycles. The summed E-state index contributed by atoms with van der Waals surface area (Å²) in [5.41, 5.74) is 2.10. The molecule has 1 aromatic heterocycles. The molecule has 0 radical (unpaired) electrons. The van der Waals surface area contributed by atoms with Gasteiger partial charge >= 0.3 is 5.97 Å². The minimum atomic E-state index is -0.506. The van der Waals surface area contributed by atoms with Gasteiger partial charge in [-0.2, -0.15) is 0 Å². The molecule has 0 N–H and O–H groups in total. The van der Waals surface area contributed by atoms with Crippen molar-refractivity contribution in [2.75, 3.05) is 21.3 Å². The first kappa shape index (κ1) is 15.7. The van der Waals surface area contributed by atoms with Crippen LogP contribution >= 0.6 is 0 Å². The lowest BCUT2D eigenvalue weighted by Gasteiger charge is -2.02. The topological polar surface area (TPSA) is 49.7 Å². The molecule has 0 saturated heterocycles. The van der Waals surface area contributed by atoms with Gasteiger partial charge in [-0.25, -0.2) is 4.79 Å². The number of hydrogen-bond acceptors (Lipinski definition) is 4. The van der Waals surface area contributed by atoms with Crippen molar-refractivity contribution in [1.29, 1.82) is 0 Å². The van der Waals surface area contributed by atoms with Gasteiger partial charge < -0.3 is 18.8 Å². The number of hydrogen-bond donors (Lipinski definition) is 0. The average Bonchev–Trinajstić information content (AvgIpc) is 2.86. The van der Waals surface area contributed by atoms with Gasteiger partial charge in [-0.1, -0.05) is 6.08 Å². The Balaban J connectivity index is 2.31. The Morgan fingerprint density at radius 3 is 2.55 bits per heavy atom. The van der Waals surface area contributed by atoms with Gasteiger partial charge in [-0.3, -0.25) is 0 Å². The molecule has 0 aliphatic carbocycles. The summed E-state index contributed by atoms with van der Waals surface area (Å²) in [6.07, 6.45) is 5.22. The summed E-state index contributed by atoms with van der Waals surface area (Å²) in [4.78, 5) is 11.4. The molecule has 2 aromatic rings. The lowest BCUT2D eigenvalue weighted by atomic mass is 10.2. The molecule has 0 bridgehead atoms. The number of allylic oxidation sites excluding steroid dienone is 2. The Labute approximate surface area is 129 Å². The number of esters is 1. The number of carbonyl (C=O) groups excluding carboxylic acids is 1. The van der Waals surface area contributed by atoms with E-state index in [9.17, 15) is 4.79 Å². The second-order valence-electron chi connectivity index (χ2n) is 4.64. The molecule has 5 nitrogen and oxygen atoms in total. The van der Waals surface area contributed by atoms with Crippen LogP contribution in [0.2, 0.25) is 0 Å². The number of aromatic nitrogens is 1. The number of ether oxygens (including phenoxy) is 3. The van der Waals surface area contributed by atoms with Gasteiger partial charge in [0, 0.05) is 23.6 Å². The molecule has 0 fully saturated rings. The maximum Gasteiger partial charge on any atom is 0.373 e. The Morgan fingerprint density at radius 1 is 1.14 bits per heavy atom. The summed E-state index contributed by atoms with van der Waals surface area (Å²) >= 11 is 0. The second kappa shape index (κ2) is 6.85.